The fraction of sp³-hybridized carbons (Fsp3) is 0.200. The van der Waals surface area contributed by atoms with Crippen molar-refractivity contribution < 1.29 is 9.53 Å². The van der Waals surface area contributed by atoms with Crippen molar-refractivity contribution in [1.29, 1.82) is 0 Å². The Labute approximate surface area is 186 Å². The van der Waals surface area contributed by atoms with Gasteiger partial charge in [-0.2, -0.15) is 0 Å². The van der Waals surface area contributed by atoms with Gasteiger partial charge in [-0.1, -0.05) is 24.3 Å². The van der Waals surface area contributed by atoms with E-state index in [-0.39, 0.29) is 5.91 Å². The van der Waals surface area contributed by atoms with Crippen molar-refractivity contribution in [1.82, 2.24) is 20.3 Å². The number of nitrogens with one attached hydrogen (secondary N) is 2. The lowest BCUT2D eigenvalue weighted by Crippen LogP contribution is -2.18. The van der Waals surface area contributed by atoms with Crippen LogP contribution in [0.3, 0.4) is 0 Å². The second-order valence-electron chi connectivity index (χ2n) is 7.24. The summed E-state index contributed by atoms with van der Waals surface area (Å²) in [5, 5.41) is 6.74. The average Bonchev–Trinajstić information content (AvgIpc) is 2.86. The highest BCUT2D eigenvalue weighted by Crippen LogP contribution is 2.34. The molecule has 0 atom stereocenters. The van der Waals surface area contributed by atoms with Gasteiger partial charge in [0, 0.05) is 49.4 Å². The molecule has 0 aliphatic heterocycles. The largest absolute Gasteiger partial charge is 0.493 e. The first-order valence-corrected chi connectivity index (χ1v) is 10.5. The lowest BCUT2D eigenvalue weighted by Gasteiger charge is -2.13. The smallest absolute Gasteiger partial charge is 0.219 e. The maximum absolute atomic E-state index is 11.4. The number of pyridine rings is 1. The summed E-state index contributed by atoms with van der Waals surface area (Å²) in [6.07, 6.45) is 4.58. The summed E-state index contributed by atoms with van der Waals surface area (Å²) < 4.78 is 6.00. The van der Waals surface area contributed by atoms with Crippen LogP contribution in [0.2, 0.25) is 0 Å². The Kier molecular flexibility index (Phi) is 6.55. The molecular weight excluding hydrogens is 402 g/mol. The molecule has 32 heavy (non-hydrogen) atoms. The Hall–Kier alpha value is -4.00. The number of benzene rings is 2. The number of ether oxygens (including phenoxy) is 1. The number of nitrogens with zero attached hydrogens (tertiary/aromatic N) is 3. The number of para-hydroxylation sites is 1. The Balaban J connectivity index is 1.65. The van der Waals surface area contributed by atoms with Crippen molar-refractivity contribution in [2.45, 2.75) is 12.8 Å². The molecular formula is C25H25N5O2. The normalized spacial score (nSPS) is 10.7. The number of hydrogen-bond donors (Lipinski definition) is 2. The second-order valence-corrected chi connectivity index (χ2v) is 7.24. The van der Waals surface area contributed by atoms with E-state index in [0.29, 0.717) is 25.3 Å². The minimum absolute atomic E-state index is 0.0154. The first-order chi connectivity index (χ1) is 15.7. The van der Waals surface area contributed by atoms with Gasteiger partial charge in [0.1, 0.15) is 11.6 Å². The molecule has 1 amide bonds. The third-order valence-corrected chi connectivity index (χ3v) is 5.13. The van der Waals surface area contributed by atoms with Crippen LogP contribution >= 0.6 is 0 Å². The summed E-state index contributed by atoms with van der Waals surface area (Å²) in [5.74, 6) is 2.17. The predicted molar refractivity (Wildman–Crippen MR) is 127 cm³/mol. The van der Waals surface area contributed by atoms with E-state index in [1.807, 2.05) is 55.6 Å². The van der Waals surface area contributed by atoms with Gasteiger partial charge < -0.3 is 15.4 Å². The fourth-order valence-corrected chi connectivity index (χ4v) is 3.48. The number of rotatable bonds is 8. The molecule has 2 N–H and O–H groups in total. The molecule has 7 heteroatoms. The molecule has 0 unspecified atom stereocenters. The van der Waals surface area contributed by atoms with Crippen LogP contribution in [-0.4, -0.2) is 41.6 Å². The first-order valence-electron chi connectivity index (χ1n) is 10.5. The van der Waals surface area contributed by atoms with Crippen molar-refractivity contribution in [2.75, 3.05) is 26.0 Å². The van der Waals surface area contributed by atoms with E-state index in [0.717, 1.165) is 39.2 Å². The third-order valence-electron chi connectivity index (χ3n) is 5.13. The van der Waals surface area contributed by atoms with Gasteiger partial charge in [-0.25, -0.2) is 9.97 Å². The lowest BCUT2D eigenvalue weighted by molar-refractivity contribution is -0.120. The molecule has 2 aromatic heterocycles. The SMILES string of the molecule is CNC(=O)CCCOc1ccccc1-c1ccc2nc(-c3cccnc3)nc(NC)c2c1. The summed E-state index contributed by atoms with van der Waals surface area (Å²) in [6, 6.07) is 17.8. The zero-order valence-corrected chi connectivity index (χ0v) is 18.1. The number of carbonyl (C=O) groups is 1. The van der Waals surface area contributed by atoms with E-state index in [4.69, 9.17) is 14.7 Å². The van der Waals surface area contributed by atoms with E-state index in [2.05, 4.69) is 21.7 Å². The zero-order valence-electron chi connectivity index (χ0n) is 18.1. The molecule has 4 aromatic rings. The summed E-state index contributed by atoms with van der Waals surface area (Å²) in [7, 11) is 3.49. The predicted octanol–water partition coefficient (Wildman–Crippen LogP) is 4.31. The Morgan fingerprint density at radius 1 is 1.00 bits per heavy atom. The number of aromatic nitrogens is 3. The van der Waals surface area contributed by atoms with Crippen LogP contribution in [-0.2, 0) is 4.79 Å². The molecule has 7 nitrogen and oxygen atoms in total. The van der Waals surface area contributed by atoms with Crippen molar-refractivity contribution in [3.63, 3.8) is 0 Å². The average molecular weight is 428 g/mol. The molecule has 0 aliphatic carbocycles. The Morgan fingerprint density at radius 3 is 2.66 bits per heavy atom. The molecule has 0 radical (unpaired) electrons. The zero-order chi connectivity index (χ0) is 22.3. The maximum Gasteiger partial charge on any atom is 0.219 e. The van der Waals surface area contributed by atoms with Crippen molar-refractivity contribution >= 4 is 22.6 Å². The van der Waals surface area contributed by atoms with Gasteiger partial charge >= 0.3 is 0 Å². The third kappa shape index (κ3) is 4.67. The molecule has 4 rings (SSSR count). The number of carbonyl (C=O) groups excluding carboxylic acids is 1. The highest BCUT2D eigenvalue weighted by atomic mass is 16.5. The molecule has 0 saturated carbocycles. The van der Waals surface area contributed by atoms with E-state index in [1.165, 1.54) is 0 Å². The van der Waals surface area contributed by atoms with Crippen molar-refractivity contribution in [3.05, 3.63) is 67.0 Å². The quantitative estimate of drug-likeness (QED) is 0.408. The number of amides is 1. The summed E-state index contributed by atoms with van der Waals surface area (Å²) in [6.45, 7) is 0.470. The molecule has 0 saturated heterocycles. The first kappa shape index (κ1) is 21.2. The van der Waals surface area contributed by atoms with E-state index >= 15 is 0 Å². The molecule has 0 bridgehead atoms. The second kappa shape index (κ2) is 9.87. The standard InChI is InChI=1S/C25H25N5O2/c1-26-23(31)10-6-14-32-22-9-4-3-8-19(22)17-11-12-21-20(15-17)25(27-2)30-24(29-21)18-7-5-13-28-16-18/h3-5,7-9,11-13,15-16H,6,10,14H2,1-2H3,(H,26,31)(H,27,29,30). The molecule has 2 heterocycles. The van der Waals surface area contributed by atoms with Gasteiger partial charge in [0.25, 0.3) is 0 Å². The Bertz CT molecular complexity index is 1230. The monoisotopic (exact) mass is 427 g/mol. The minimum Gasteiger partial charge on any atom is -0.493 e. The Morgan fingerprint density at radius 2 is 1.88 bits per heavy atom. The van der Waals surface area contributed by atoms with Crippen LogP contribution in [0.4, 0.5) is 5.82 Å². The van der Waals surface area contributed by atoms with Gasteiger partial charge in [0.15, 0.2) is 5.82 Å². The van der Waals surface area contributed by atoms with E-state index in [1.54, 1.807) is 19.4 Å². The van der Waals surface area contributed by atoms with Crippen LogP contribution < -0.4 is 15.4 Å². The van der Waals surface area contributed by atoms with Gasteiger partial charge in [0.2, 0.25) is 5.91 Å². The highest BCUT2D eigenvalue weighted by molar-refractivity contribution is 5.94. The minimum atomic E-state index is 0.0154. The fourth-order valence-electron chi connectivity index (χ4n) is 3.48. The van der Waals surface area contributed by atoms with Gasteiger partial charge in [0.05, 0.1) is 12.1 Å². The van der Waals surface area contributed by atoms with Crippen LogP contribution in [0.15, 0.2) is 67.0 Å². The van der Waals surface area contributed by atoms with E-state index in [9.17, 15) is 4.79 Å². The van der Waals surface area contributed by atoms with Crippen LogP contribution in [0.25, 0.3) is 33.4 Å². The topological polar surface area (TPSA) is 89.0 Å². The molecule has 0 aliphatic rings. The highest BCUT2D eigenvalue weighted by Gasteiger charge is 2.12. The van der Waals surface area contributed by atoms with Crippen molar-refractivity contribution in [3.8, 4) is 28.3 Å². The van der Waals surface area contributed by atoms with E-state index < -0.39 is 0 Å². The summed E-state index contributed by atoms with van der Waals surface area (Å²) >= 11 is 0. The van der Waals surface area contributed by atoms with Crippen LogP contribution in [0.1, 0.15) is 12.8 Å². The summed E-state index contributed by atoms with van der Waals surface area (Å²) in [5.41, 5.74) is 3.70. The molecule has 162 valence electrons. The maximum atomic E-state index is 11.4. The van der Waals surface area contributed by atoms with Crippen LogP contribution in [0, 0.1) is 0 Å². The van der Waals surface area contributed by atoms with Crippen LogP contribution in [0.5, 0.6) is 5.75 Å². The number of anilines is 1. The van der Waals surface area contributed by atoms with Gasteiger partial charge in [-0.3, -0.25) is 9.78 Å². The van der Waals surface area contributed by atoms with Crippen molar-refractivity contribution in [2.24, 2.45) is 0 Å². The lowest BCUT2D eigenvalue weighted by atomic mass is 10.0. The number of hydrogen-bond acceptors (Lipinski definition) is 6. The summed E-state index contributed by atoms with van der Waals surface area (Å²) in [4.78, 5) is 25.0. The molecule has 0 fully saturated rings. The van der Waals surface area contributed by atoms with Gasteiger partial charge in [-0.15, -0.1) is 0 Å². The molecule has 0 spiro atoms. The number of fused-ring (bicyclic) bond motifs is 1. The van der Waals surface area contributed by atoms with Gasteiger partial charge in [-0.05, 0) is 42.3 Å². The molecule has 2 aromatic carbocycles.